The van der Waals surface area contributed by atoms with E-state index in [0.717, 1.165) is 32.0 Å². The van der Waals surface area contributed by atoms with E-state index in [1.165, 1.54) is 0 Å². The fourth-order valence-corrected chi connectivity index (χ4v) is 5.91. The zero-order valence-corrected chi connectivity index (χ0v) is 16.9. The van der Waals surface area contributed by atoms with Gasteiger partial charge in [0.2, 0.25) is 0 Å². The van der Waals surface area contributed by atoms with Gasteiger partial charge in [-0.05, 0) is 0 Å². The first-order valence-electron chi connectivity index (χ1n) is 9.85. The molecule has 0 bridgehead atoms. The van der Waals surface area contributed by atoms with Crippen molar-refractivity contribution >= 4 is 39.7 Å². The summed E-state index contributed by atoms with van der Waals surface area (Å²) in [6.45, 7) is -0.223. The van der Waals surface area contributed by atoms with Gasteiger partial charge in [0.25, 0.3) is 0 Å². The molecule has 0 unspecified atom stereocenters. The third-order valence-corrected chi connectivity index (χ3v) is 8.71. The zero-order valence-electron chi connectivity index (χ0n) is 17.8. The van der Waals surface area contributed by atoms with Crippen molar-refractivity contribution in [2.24, 2.45) is 0 Å². The molecule has 0 N–H and O–H groups in total. The molecule has 3 heterocycles. The Morgan fingerprint density at radius 1 is 1.04 bits per heavy atom. The molecule has 0 saturated heterocycles. The fraction of sp³-hybridized carbons (Fsp3) is 0.238. The Bertz CT molecular complexity index is 1210. The standard InChI is InChI=1S/C21H22GeN2O/c1-13-10-19(23-12-18(13)22(3,4)5)15-7-9-20-17(11-15)16-8-6-14(2)24-21(16)25-20/h6-12H,1-5H3/i1D3. The van der Waals surface area contributed by atoms with Gasteiger partial charge in [-0.25, -0.2) is 0 Å². The summed E-state index contributed by atoms with van der Waals surface area (Å²) in [5.41, 5.74) is 4.24. The molecular weight excluding hydrogens is 369 g/mol. The van der Waals surface area contributed by atoms with Gasteiger partial charge in [0, 0.05) is 0 Å². The summed E-state index contributed by atoms with van der Waals surface area (Å²) in [6, 6.07) is 11.5. The van der Waals surface area contributed by atoms with Gasteiger partial charge < -0.3 is 0 Å². The summed E-state index contributed by atoms with van der Waals surface area (Å²) in [5, 5.41) is 1.90. The summed E-state index contributed by atoms with van der Waals surface area (Å²) in [6.07, 6.45) is 1.78. The molecule has 3 aromatic heterocycles. The van der Waals surface area contributed by atoms with Crippen LogP contribution in [0, 0.1) is 13.8 Å². The molecule has 0 aliphatic carbocycles. The van der Waals surface area contributed by atoms with Gasteiger partial charge in [-0.2, -0.15) is 0 Å². The normalized spacial score (nSPS) is 14.5. The first-order valence-corrected chi connectivity index (χ1v) is 15.7. The number of hydrogen-bond donors (Lipinski definition) is 0. The molecule has 0 amide bonds. The predicted octanol–water partition coefficient (Wildman–Crippen LogP) is 5.21. The Kier molecular flexibility index (Phi) is 2.99. The van der Waals surface area contributed by atoms with E-state index in [0.29, 0.717) is 17.0 Å². The predicted molar refractivity (Wildman–Crippen MR) is 107 cm³/mol. The van der Waals surface area contributed by atoms with Crippen molar-refractivity contribution in [1.82, 2.24) is 9.97 Å². The van der Waals surface area contributed by atoms with Crippen LogP contribution in [0.1, 0.15) is 15.4 Å². The number of hydrogen-bond acceptors (Lipinski definition) is 3. The monoisotopic (exact) mass is 395 g/mol. The van der Waals surface area contributed by atoms with E-state index in [4.69, 9.17) is 8.53 Å². The van der Waals surface area contributed by atoms with Crippen LogP contribution in [0.25, 0.3) is 33.3 Å². The summed E-state index contributed by atoms with van der Waals surface area (Å²) < 4.78 is 30.8. The van der Waals surface area contributed by atoms with Gasteiger partial charge >= 0.3 is 154 Å². The first kappa shape index (κ1) is 13.1. The van der Waals surface area contributed by atoms with Crippen LogP contribution in [0.2, 0.25) is 17.3 Å². The molecule has 0 aliphatic rings. The summed E-state index contributed by atoms with van der Waals surface area (Å²) in [4.78, 5) is 9.08. The van der Waals surface area contributed by atoms with Crippen molar-refractivity contribution in [3.63, 3.8) is 0 Å². The number of fused-ring (bicyclic) bond motifs is 3. The van der Waals surface area contributed by atoms with Crippen molar-refractivity contribution in [3.8, 4) is 11.3 Å². The minimum atomic E-state index is -2.37. The van der Waals surface area contributed by atoms with Gasteiger partial charge in [-0.1, -0.05) is 0 Å². The van der Waals surface area contributed by atoms with Crippen LogP contribution >= 0.6 is 0 Å². The molecule has 4 heteroatoms. The van der Waals surface area contributed by atoms with Gasteiger partial charge in [-0.3, -0.25) is 0 Å². The number of furan rings is 1. The SMILES string of the molecule is [2H]C([2H])([2H])c1cc(-c2ccc3oc4nc(C)ccc4c3c2)nc[c]1[Ge]([CH3])([CH3])[CH3]. The van der Waals surface area contributed by atoms with Crippen molar-refractivity contribution in [3.05, 3.63) is 53.9 Å². The number of nitrogens with zero attached hydrogens (tertiary/aromatic N) is 2. The molecule has 0 aliphatic heterocycles. The molecule has 4 rings (SSSR count). The van der Waals surface area contributed by atoms with Crippen LogP contribution in [0.5, 0.6) is 0 Å². The van der Waals surface area contributed by atoms with E-state index in [2.05, 4.69) is 27.2 Å². The maximum atomic E-state index is 8.00. The minimum absolute atomic E-state index is 0.430. The summed E-state index contributed by atoms with van der Waals surface area (Å²) in [5.74, 6) is 6.56. The van der Waals surface area contributed by atoms with E-state index in [1.54, 1.807) is 12.3 Å². The average Bonchev–Trinajstić information content (AvgIpc) is 2.96. The Balaban J connectivity index is 1.91. The van der Waals surface area contributed by atoms with Gasteiger partial charge in [-0.15, -0.1) is 0 Å². The second kappa shape index (κ2) is 5.70. The quantitative estimate of drug-likeness (QED) is 0.439. The van der Waals surface area contributed by atoms with Crippen molar-refractivity contribution in [1.29, 1.82) is 0 Å². The molecule has 0 fully saturated rings. The molecule has 0 saturated carbocycles. The molecule has 126 valence electrons. The van der Waals surface area contributed by atoms with E-state index in [9.17, 15) is 0 Å². The second-order valence-corrected chi connectivity index (χ2v) is 18.1. The molecular formula is C21H22GeN2O. The third kappa shape index (κ3) is 2.87. The number of aryl methyl sites for hydroxylation is 2. The molecule has 4 aromatic rings. The van der Waals surface area contributed by atoms with Crippen LogP contribution in [0.3, 0.4) is 0 Å². The molecule has 1 aromatic carbocycles. The van der Waals surface area contributed by atoms with Crippen LogP contribution < -0.4 is 4.40 Å². The van der Waals surface area contributed by atoms with E-state index >= 15 is 0 Å². The van der Waals surface area contributed by atoms with Crippen molar-refractivity contribution in [2.75, 3.05) is 0 Å². The summed E-state index contributed by atoms with van der Waals surface area (Å²) >= 11 is -2.37. The molecule has 0 spiro atoms. The maximum absolute atomic E-state index is 8.00. The number of rotatable bonds is 2. The van der Waals surface area contributed by atoms with Gasteiger partial charge in [0.1, 0.15) is 0 Å². The molecule has 3 nitrogen and oxygen atoms in total. The van der Waals surface area contributed by atoms with Crippen molar-refractivity contribution in [2.45, 2.75) is 31.0 Å². The number of benzene rings is 1. The Labute approximate surface area is 154 Å². The van der Waals surface area contributed by atoms with Crippen LogP contribution in [-0.2, 0) is 0 Å². The third-order valence-electron chi connectivity index (χ3n) is 4.48. The summed E-state index contributed by atoms with van der Waals surface area (Å²) in [7, 11) is 0. The first-order chi connectivity index (χ1) is 13.0. The van der Waals surface area contributed by atoms with E-state index < -0.39 is 20.1 Å². The average molecular weight is 394 g/mol. The molecule has 25 heavy (non-hydrogen) atoms. The second-order valence-electron chi connectivity index (χ2n) is 7.48. The van der Waals surface area contributed by atoms with Crippen LogP contribution in [-0.4, -0.2) is 23.2 Å². The Hall–Kier alpha value is -2.14. The fourth-order valence-electron chi connectivity index (χ4n) is 3.12. The topological polar surface area (TPSA) is 38.9 Å². The Morgan fingerprint density at radius 2 is 1.88 bits per heavy atom. The van der Waals surface area contributed by atoms with Gasteiger partial charge in [0.05, 0.1) is 0 Å². The van der Waals surface area contributed by atoms with Gasteiger partial charge in [0.15, 0.2) is 0 Å². The zero-order chi connectivity index (χ0) is 20.3. The Morgan fingerprint density at radius 3 is 2.64 bits per heavy atom. The number of aromatic nitrogens is 2. The molecule has 0 radical (unpaired) electrons. The molecule has 0 atom stereocenters. The van der Waals surface area contributed by atoms with Crippen LogP contribution in [0.4, 0.5) is 0 Å². The van der Waals surface area contributed by atoms with E-state index in [-0.39, 0.29) is 0 Å². The van der Waals surface area contributed by atoms with Crippen molar-refractivity contribution < 1.29 is 8.53 Å². The van der Waals surface area contributed by atoms with Crippen LogP contribution in [0.15, 0.2) is 47.0 Å². The number of pyridine rings is 2. The van der Waals surface area contributed by atoms with E-state index in [1.807, 2.05) is 37.3 Å².